The van der Waals surface area contributed by atoms with Gasteiger partial charge in [-0.3, -0.25) is 9.80 Å². The maximum absolute atomic E-state index is 2.63. The Morgan fingerprint density at radius 2 is 0.931 bits per heavy atom. The summed E-state index contributed by atoms with van der Waals surface area (Å²) >= 11 is 0. The second-order valence-corrected chi connectivity index (χ2v) is 8.18. The van der Waals surface area contributed by atoms with Gasteiger partial charge in [-0.2, -0.15) is 0 Å². The van der Waals surface area contributed by atoms with Gasteiger partial charge in [-0.05, 0) is 52.2 Å². The van der Waals surface area contributed by atoms with Crippen molar-refractivity contribution < 1.29 is 0 Å². The van der Waals surface area contributed by atoms with E-state index in [1.807, 2.05) is 0 Å². The second kappa shape index (κ2) is 8.36. The van der Waals surface area contributed by atoms with E-state index < -0.39 is 0 Å². The molecule has 2 nitrogen and oxygen atoms in total. The lowest BCUT2D eigenvalue weighted by molar-refractivity contribution is 0.248. The average Bonchev–Trinajstić information content (AvgIpc) is 2.99. The second-order valence-electron chi connectivity index (χ2n) is 8.18. The Balaban J connectivity index is 1.28. The van der Waals surface area contributed by atoms with Crippen molar-refractivity contribution in [3.63, 3.8) is 0 Å². The number of nitrogens with zero attached hydrogens (tertiary/aromatic N) is 2. The van der Waals surface area contributed by atoms with Gasteiger partial charge in [0.1, 0.15) is 0 Å². The normalized spacial score (nSPS) is 16.3. The summed E-state index contributed by atoms with van der Waals surface area (Å²) in [5.41, 5.74) is 2.90. The topological polar surface area (TPSA) is 6.48 Å². The number of hydrogen-bond donors (Lipinski definition) is 0. The fraction of sp³-hybridized carbons (Fsp3) is 0.259. The number of benzene rings is 4. The average molecular weight is 381 g/mol. The third kappa shape index (κ3) is 4.05. The molecule has 0 bridgehead atoms. The molecule has 4 aromatic rings. The maximum atomic E-state index is 2.63. The Morgan fingerprint density at radius 1 is 0.483 bits per heavy atom. The van der Waals surface area contributed by atoms with Crippen molar-refractivity contribution in [2.45, 2.75) is 19.5 Å². The third-order valence-corrected chi connectivity index (χ3v) is 6.23. The predicted molar refractivity (Wildman–Crippen MR) is 123 cm³/mol. The predicted octanol–water partition coefficient (Wildman–Crippen LogP) is 5.70. The van der Waals surface area contributed by atoms with Gasteiger partial charge in [-0.1, -0.05) is 84.9 Å². The van der Waals surface area contributed by atoms with E-state index in [-0.39, 0.29) is 0 Å². The summed E-state index contributed by atoms with van der Waals surface area (Å²) < 4.78 is 0. The number of hydrogen-bond acceptors (Lipinski definition) is 2. The molecule has 0 unspecified atom stereocenters. The molecule has 146 valence electrons. The van der Waals surface area contributed by atoms with Crippen LogP contribution in [0.3, 0.4) is 0 Å². The molecule has 0 aromatic heterocycles. The molecule has 1 fully saturated rings. The van der Waals surface area contributed by atoms with E-state index in [9.17, 15) is 0 Å². The highest BCUT2D eigenvalue weighted by Crippen LogP contribution is 2.22. The van der Waals surface area contributed by atoms with E-state index in [2.05, 4.69) is 94.7 Å². The third-order valence-electron chi connectivity index (χ3n) is 6.23. The van der Waals surface area contributed by atoms with E-state index in [0.717, 1.165) is 26.2 Å². The zero-order valence-electron chi connectivity index (χ0n) is 16.9. The molecular formula is C27H28N2. The van der Waals surface area contributed by atoms with Gasteiger partial charge in [-0.15, -0.1) is 0 Å². The molecule has 4 aromatic carbocycles. The molecule has 0 radical (unpaired) electrons. The molecule has 1 aliphatic rings. The molecule has 0 atom stereocenters. The molecule has 0 aliphatic carbocycles. The largest absolute Gasteiger partial charge is 0.298 e. The lowest BCUT2D eigenvalue weighted by atomic mass is 10.0. The molecule has 1 aliphatic heterocycles. The monoisotopic (exact) mass is 380 g/mol. The van der Waals surface area contributed by atoms with Crippen LogP contribution in [0.2, 0.25) is 0 Å². The van der Waals surface area contributed by atoms with Crippen LogP contribution >= 0.6 is 0 Å². The first-order valence-corrected chi connectivity index (χ1v) is 10.7. The van der Waals surface area contributed by atoms with E-state index >= 15 is 0 Å². The summed E-state index contributed by atoms with van der Waals surface area (Å²) in [5.74, 6) is 0. The number of rotatable bonds is 4. The minimum atomic E-state index is 1.05. The first-order chi connectivity index (χ1) is 14.4. The Kier molecular flexibility index (Phi) is 5.29. The zero-order valence-corrected chi connectivity index (χ0v) is 16.9. The standard InChI is InChI=1S/C27H28N2/c1-3-14-26-22(8-1)10-5-12-24(26)20-28-16-7-17-29(19-18-28)21-25-13-6-11-23-9-2-4-15-27(23)25/h1-6,8-15H,7,16-21H2. The fourth-order valence-corrected chi connectivity index (χ4v) is 4.68. The lowest BCUT2D eigenvalue weighted by Gasteiger charge is -2.23. The van der Waals surface area contributed by atoms with E-state index in [0.29, 0.717) is 0 Å². The molecule has 5 rings (SSSR count). The quantitative estimate of drug-likeness (QED) is 0.448. The zero-order chi connectivity index (χ0) is 19.5. The number of fused-ring (bicyclic) bond motifs is 2. The summed E-state index contributed by atoms with van der Waals surface area (Å²) in [6.07, 6.45) is 1.23. The summed E-state index contributed by atoms with van der Waals surface area (Å²) in [6, 6.07) is 30.9. The molecule has 0 spiro atoms. The minimum Gasteiger partial charge on any atom is -0.298 e. The van der Waals surface area contributed by atoms with Crippen LogP contribution in [-0.4, -0.2) is 36.0 Å². The molecule has 29 heavy (non-hydrogen) atoms. The highest BCUT2D eigenvalue weighted by molar-refractivity contribution is 5.86. The molecule has 2 heteroatoms. The molecule has 1 saturated heterocycles. The van der Waals surface area contributed by atoms with Gasteiger partial charge >= 0.3 is 0 Å². The van der Waals surface area contributed by atoms with Crippen LogP contribution in [0.15, 0.2) is 84.9 Å². The Bertz CT molecular complexity index is 1020. The summed E-state index contributed by atoms with van der Waals surface area (Å²) in [7, 11) is 0. The highest BCUT2D eigenvalue weighted by Gasteiger charge is 2.16. The molecule has 0 N–H and O–H groups in total. The van der Waals surface area contributed by atoms with Crippen LogP contribution in [0, 0.1) is 0 Å². The van der Waals surface area contributed by atoms with Gasteiger partial charge in [0.05, 0.1) is 0 Å². The fourth-order valence-electron chi connectivity index (χ4n) is 4.68. The van der Waals surface area contributed by atoms with Crippen molar-refractivity contribution in [2.75, 3.05) is 26.2 Å². The van der Waals surface area contributed by atoms with Crippen LogP contribution in [-0.2, 0) is 13.1 Å². The van der Waals surface area contributed by atoms with Crippen molar-refractivity contribution in [1.82, 2.24) is 9.80 Å². The van der Waals surface area contributed by atoms with Crippen LogP contribution < -0.4 is 0 Å². The van der Waals surface area contributed by atoms with E-state index in [4.69, 9.17) is 0 Å². The molecule has 0 amide bonds. The lowest BCUT2D eigenvalue weighted by Crippen LogP contribution is -2.30. The smallest absolute Gasteiger partial charge is 0.0240 e. The van der Waals surface area contributed by atoms with Gasteiger partial charge in [-0.25, -0.2) is 0 Å². The first kappa shape index (κ1) is 18.4. The Morgan fingerprint density at radius 3 is 1.45 bits per heavy atom. The highest BCUT2D eigenvalue weighted by atomic mass is 15.2. The molecule has 1 heterocycles. The van der Waals surface area contributed by atoms with Gasteiger partial charge in [0.25, 0.3) is 0 Å². The van der Waals surface area contributed by atoms with Crippen LogP contribution in [0.5, 0.6) is 0 Å². The van der Waals surface area contributed by atoms with E-state index in [1.165, 1.54) is 52.2 Å². The minimum absolute atomic E-state index is 1.05. The molecular weight excluding hydrogens is 352 g/mol. The van der Waals surface area contributed by atoms with Gasteiger partial charge in [0.15, 0.2) is 0 Å². The van der Waals surface area contributed by atoms with Crippen molar-refractivity contribution in [1.29, 1.82) is 0 Å². The van der Waals surface area contributed by atoms with Crippen LogP contribution in [0.25, 0.3) is 21.5 Å². The van der Waals surface area contributed by atoms with Crippen molar-refractivity contribution in [3.8, 4) is 0 Å². The van der Waals surface area contributed by atoms with Crippen LogP contribution in [0.4, 0.5) is 0 Å². The van der Waals surface area contributed by atoms with Crippen molar-refractivity contribution in [2.24, 2.45) is 0 Å². The summed E-state index contributed by atoms with van der Waals surface area (Å²) in [4.78, 5) is 5.26. The van der Waals surface area contributed by atoms with Gasteiger partial charge < -0.3 is 0 Å². The van der Waals surface area contributed by atoms with Crippen molar-refractivity contribution >= 4 is 21.5 Å². The van der Waals surface area contributed by atoms with Gasteiger partial charge in [0, 0.05) is 26.2 Å². The van der Waals surface area contributed by atoms with Crippen molar-refractivity contribution in [3.05, 3.63) is 96.1 Å². The maximum Gasteiger partial charge on any atom is 0.0240 e. The Hall–Kier alpha value is -2.68. The summed E-state index contributed by atoms with van der Waals surface area (Å²) in [5, 5.41) is 5.48. The van der Waals surface area contributed by atoms with E-state index in [1.54, 1.807) is 0 Å². The van der Waals surface area contributed by atoms with Gasteiger partial charge in [0.2, 0.25) is 0 Å². The Labute approximate surface area is 173 Å². The molecule has 0 saturated carbocycles. The van der Waals surface area contributed by atoms with Crippen LogP contribution in [0.1, 0.15) is 17.5 Å². The summed E-state index contributed by atoms with van der Waals surface area (Å²) in [6.45, 7) is 6.71. The first-order valence-electron chi connectivity index (χ1n) is 10.7. The SMILES string of the molecule is c1ccc2c(CN3CCCN(Cc4cccc5ccccc45)CC3)cccc2c1.